The van der Waals surface area contributed by atoms with Crippen LogP contribution in [0.4, 0.5) is 0 Å². The van der Waals surface area contributed by atoms with Gasteiger partial charge in [0.05, 0.1) is 7.11 Å². The van der Waals surface area contributed by atoms with Gasteiger partial charge in [0.15, 0.2) is 0 Å². The molecule has 18 heavy (non-hydrogen) atoms. The van der Waals surface area contributed by atoms with Crippen LogP contribution in [0.1, 0.15) is 25.3 Å². The zero-order valence-corrected chi connectivity index (χ0v) is 11.8. The first kappa shape index (κ1) is 14.9. The van der Waals surface area contributed by atoms with Gasteiger partial charge in [-0.1, -0.05) is 19.9 Å². The lowest BCUT2D eigenvalue weighted by Crippen LogP contribution is -2.29. The van der Waals surface area contributed by atoms with Crippen LogP contribution in [-0.4, -0.2) is 28.6 Å². The number of methoxy groups -OCH3 is 1. The van der Waals surface area contributed by atoms with Crippen LogP contribution in [-0.2, 0) is 10.0 Å². The molecule has 0 aromatic heterocycles. The summed E-state index contributed by atoms with van der Waals surface area (Å²) < 4.78 is 31.7. The van der Waals surface area contributed by atoms with Crippen LogP contribution in [0.2, 0.25) is 0 Å². The van der Waals surface area contributed by atoms with Crippen molar-refractivity contribution in [2.75, 3.05) is 20.2 Å². The van der Waals surface area contributed by atoms with E-state index in [1.807, 2.05) is 19.9 Å². The number of ether oxygens (including phenoxy) is 1. The zero-order valence-electron chi connectivity index (χ0n) is 10.9. The van der Waals surface area contributed by atoms with Crippen molar-refractivity contribution in [3.05, 3.63) is 23.8 Å². The largest absolute Gasteiger partial charge is 0.495 e. The summed E-state index contributed by atoms with van der Waals surface area (Å²) in [6.07, 6.45) is 0. The number of rotatable bonds is 6. The third kappa shape index (κ3) is 3.44. The summed E-state index contributed by atoms with van der Waals surface area (Å²) in [5.41, 5.74) is 6.25. The smallest absolute Gasteiger partial charge is 0.244 e. The lowest BCUT2D eigenvalue weighted by Gasteiger charge is -2.13. The second-order valence-electron chi connectivity index (χ2n) is 4.25. The highest BCUT2D eigenvalue weighted by atomic mass is 32.2. The Bertz CT molecular complexity index is 498. The van der Waals surface area contributed by atoms with Crippen LogP contribution < -0.4 is 15.2 Å². The predicted molar refractivity (Wildman–Crippen MR) is 71.3 cm³/mol. The van der Waals surface area contributed by atoms with E-state index in [1.54, 1.807) is 12.1 Å². The highest BCUT2D eigenvalue weighted by molar-refractivity contribution is 7.89. The predicted octanol–water partition coefficient (Wildman–Crippen LogP) is 1.06. The first-order valence-electron chi connectivity index (χ1n) is 5.80. The van der Waals surface area contributed by atoms with Gasteiger partial charge in [0, 0.05) is 13.1 Å². The molecule has 0 atom stereocenters. The molecule has 0 unspecified atom stereocenters. The number of nitrogens with one attached hydrogen (secondary N) is 1. The van der Waals surface area contributed by atoms with Gasteiger partial charge in [-0.15, -0.1) is 0 Å². The quantitative estimate of drug-likeness (QED) is 0.811. The number of sulfonamides is 1. The highest BCUT2D eigenvalue weighted by Gasteiger charge is 2.19. The van der Waals surface area contributed by atoms with Gasteiger partial charge in [-0.25, -0.2) is 13.1 Å². The van der Waals surface area contributed by atoms with Crippen molar-refractivity contribution in [1.29, 1.82) is 0 Å². The second kappa shape index (κ2) is 6.17. The fraction of sp³-hybridized carbons (Fsp3) is 0.500. The summed E-state index contributed by atoms with van der Waals surface area (Å²) in [7, 11) is -2.13. The Kier molecular flexibility index (Phi) is 5.13. The lowest BCUT2D eigenvalue weighted by molar-refractivity contribution is 0.402. The molecule has 0 bridgehead atoms. The van der Waals surface area contributed by atoms with Crippen LogP contribution in [0.25, 0.3) is 0 Å². The molecule has 0 spiro atoms. The minimum Gasteiger partial charge on any atom is -0.495 e. The first-order valence-corrected chi connectivity index (χ1v) is 7.28. The first-order chi connectivity index (χ1) is 8.42. The molecule has 1 rings (SSSR count). The third-order valence-corrected chi connectivity index (χ3v) is 4.06. The number of nitrogens with two attached hydrogens (primary N) is 1. The maximum Gasteiger partial charge on any atom is 0.244 e. The second-order valence-corrected chi connectivity index (χ2v) is 5.99. The summed E-state index contributed by atoms with van der Waals surface area (Å²) in [4.78, 5) is 0.157. The summed E-state index contributed by atoms with van der Waals surface area (Å²) in [6, 6.07) is 5.18. The molecule has 0 amide bonds. The van der Waals surface area contributed by atoms with Crippen molar-refractivity contribution < 1.29 is 13.2 Å². The summed E-state index contributed by atoms with van der Waals surface area (Å²) in [5.74, 6) is 0.586. The summed E-state index contributed by atoms with van der Waals surface area (Å²) in [6.45, 7) is 4.47. The summed E-state index contributed by atoms with van der Waals surface area (Å²) in [5, 5.41) is 0. The van der Waals surface area contributed by atoms with E-state index in [1.165, 1.54) is 7.11 Å². The van der Waals surface area contributed by atoms with E-state index in [9.17, 15) is 8.42 Å². The van der Waals surface area contributed by atoms with Crippen LogP contribution in [0.15, 0.2) is 23.1 Å². The average Bonchev–Trinajstić information content (AvgIpc) is 2.35. The van der Waals surface area contributed by atoms with E-state index in [-0.39, 0.29) is 23.9 Å². The Morgan fingerprint density at radius 3 is 2.56 bits per heavy atom. The number of hydrogen-bond acceptors (Lipinski definition) is 4. The Labute approximate surface area is 108 Å². The molecular formula is C12H20N2O3S. The molecule has 0 saturated carbocycles. The Morgan fingerprint density at radius 1 is 1.39 bits per heavy atom. The Hall–Kier alpha value is -1.11. The molecule has 0 saturated heterocycles. The van der Waals surface area contributed by atoms with Crippen molar-refractivity contribution in [3.63, 3.8) is 0 Å². The van der Waals surface area contributed by atoms with Crippen molar-refractivity contribution in [3.8, 4) is 5.75 Å². The minimum absolute atomic E-state index is 0.157. The van der Waals surface area contributed by atoms with Gasteiger partial charge in [0.1, 0.15) is 10.6 Å². The van der Waals surface area contributed by atoms with Crippen molar-refractivity contribution in [2.45, 2.75) is 24.7 Å². The van der Waals surface area contributed by atoms with Crippen LogP contribution in [0.3, 0.4) is 0 Å². The molecule has 6 heteroatoms. The SMILES string of the molecule is COc1ccc(C(C)C)cc1S(=O)(=O)NCCN. The van der Waals surface area contributed by atoms with Crippen molar-refractivity contribution >= 4 is 10.0 Å². The van der Waals surface area contributed by atoms with E-state index < -0.39 is 10.0 Å². The molecule has 1 aromatic rings. The van der Waals surface area contributed by atoms with E-state index in [0.29, 0.717) is 5.75 Å². The van der Waals surface area contributed by atoms with Gasteiger partial charge in [0.25, 0.3) is 0 Å². The van der Waals surface area contributed by atoms with Crippen molar-refractivity contribution in [2.24, 2.45) is 5.73 Å². The number of benzene rings is 1. The van der Waals surface area contributed by atoms with Gasteiger partial charge >= 0.3 is 0 Å². The van der Waals surface area contributed by atoms with Gasteiger partial charge < -0.3 is 10.5 Å². The fourth-order valence-corrected chi connectivity index (χ4v) is 2.78. The normalized spacial score (nSPS) is 11.8. The molecule has 102 valence electrons. The van der Waals surface area contributed by atoms with Crippen LogP contribution >= 0.6 is 0 Å². The molecular weight excluding hydrogens is 252 g/mol. The van der Waals surface area contributed by atoms with Crippen LogP contribution in [0.5, 0.6) is 5.75 Å². The van der Waals surface area contributed by atoms with Crippen molar-refractivity contribution in [1.82, 2.24) is 4.72 Å². The lowest BCUT2D eigenvalue weighted by atomic mass is 10.0. The molecule has 0 aliphatic heterocycles. The van der Waals surface area contributed by atoms with Gasteiger partial charge in [0.2, 0.25) is 10.0 Å². The maximum absolute atomic E-state index is 12.1. The zero-order chi connectivity index (χ0) is 13.8. The molecule has 0 radical (unpaired) electrons. The van der Waals surface area contributed by atoms with Gasteiger partial charge in [-0.3, -0.25) is 0 Å². The monoisotopic (exact) mass is 272 g/mol. The highest BCUT2D eigenvalue weighted by Crippen LogP contribution is 2.27. The topological polar surface area (TPSA) is 81.4 Å². The van der Waals surface area contributed by atoms with E-state index in [4.69, 9.17) is 10.5 Å². The maximum atomic E-state index is 12.1. The van der Waals surface area contributed by atoms with Gasteiger partial charge in [-0.05, 0) is 23.6 Å². The molecule has 1 aromatic carbocycles. The molecule has 0 heterocycles. The van der Waals surface area contributed by atoms with Gasteiger partial charge in [-0.2, -0.15) is 0 Å². The van der Waals surface area contributed by atoms with E-state index in [2.05, 4.69) is 4.72 Å². The fourth-order valence-electron chi connectivity index (χ4n) is 1.53. The molecule has 5 nitrogen and oxygen atoms in total. The van der Waals surface area contributed by atoms with E-state index >= 15 is 0 Å². The Morgan fingerprint density at radius 2 is 2.06 bits per heavy atom. The average molecular weight is 272 g/mol. The Balaban J connectivity index is 3.23. The molecule has 3 N–H and O–H groups in total. The van der Waals surface area contributed by atoms with E-state index in [0.717, 1.165) is 5.56 Å². The molecule has 0 aliphatic rings. The number of hydrogen-bond donors (Lipinski definition) is 2. The third-order valence-electron chi connectivity index (χ3n) is 2.58. The molecule has 0 aliphatic carbocycles. The molecule has 0 fully saturated rings. The van der Waals surface area contributed by atoms with Crippen LogP contribution in [0, 0.1) is 0 Å². The minimum atomic E-state index is -3.58. The standard InChI is InChI=1S/C12H20N2O3S/c1-9(2)10-4-5-11(17-3)12(8-10)18(15,16)14-7-6-13/h4-5,8-9,14H,6-7,13H2,1-3H3. The summed E-state index contributed by atoms with van der Waals surface area (Å²) >= 11 is 0.